The number of hydrogen-bond acceptors (Lipinski definition) is 4. The number of urea groups is 1. The zero-order valence-corrected chi connectivity index (χ0v) is 15.8. The smallest absolute Gasteiger partial charge is 0.321 e. The average Bonchev–Trinajstić information content (AvgIpc) is 2.62. The van der Waals surface area contributed by atoms with E-state index in [0.717, 1.165) is 19.3 Å². The van der Waals surface area contributed by atoms with Crippen LogP contribution in [0.1, 0.15) is 26.2 Å². The van der Waals surface area contributed by atoms with E-state index >= 15 is 0 Å². The molecule has 9 heteroatoms. The van der Waals surface area contributed by atoms with Crippen molar-refractivity contribution >= 4 is 27.7 Å². The number of carbonyl (C=O) groups is 2. The molecule has 1 heterocycles. The topological polar surface area (TPSA) is 107 Å². The van der Waals surface area contributed by atoms with Crippen molar-refractivity contribution in [2.75, 3.05) is 32.0 Å². The molecular weight excluding hydrogens is 358 g/mol. The number of carbonyl (C=O) groups excluding carboxylic acids is 1. The second-order valence-electron chi connectivity index (χ2n) is 6.54. The molecule has 2 amide bonds. The third-order valence-electron chi connectivity index (χ3n) is 4.35. The predicted octanol–water partition coefficient (Wildman–Crippen LogP) is 2.05. The van der Waals surface area contributed by atoms with Crippen LogP contribution >= 0.6 is 0 Å². The zero-order chi connectivity index (χ0) is 19.3. The van der Waals surface area contributed by atoms with Gasteiger partial charge in [-0.1, -0.05) is 19.4 Å². The highest BCUT2D eigenvalue weighted by atomic mass is 32.2. The van der Waals surface area contributed by atoms with Gasteiger partial charge in [0.15, 0.2) is 0 Å². The van der Waals surface area contributed by atoms with E-state index in [1.165, 1.54) is 35.3 Å². The molecule has 1 unspecified atom stereocenters. The fourth-order valence-corrected chi connectivity index (χ4v) is 4.34. The number of anilines is 1. The second-order valence-corrected chi connectivity index (χ2v) is 8.48. The molecule has 1 aliphatic heterocycles. The first-order valence-electron chi connectivity index (χ1n) is 8.57. The quantitative estimate of drug-likeness (QED) is 0.782. The number of benzene rings is 1. The van der Waals surface area contributed by atoms with Gasteiger partial charge in [0, 0.05) is 32.4 Å². The maximum atomic E-state index is 12.7. The number of rotatable bonds is 6. The second kappa shape index (κ2) is 8.50. The monoisotopic (exact) mass is 383 g/mol. The molecule has 2 N–H and O–H groups in total. The van der Waals surface area contributed by atoms with Gasteiger partial charge in [-0.25, -0.2) is 13.2 Å². The third kappa shape index (κ3) is 4.95. The molecule has 0 spiro atoms. The SMILES string of the molecule is CC(CN(C)C(=O)Nc1cccc(S(=O)(=O)N2CCCCC2)c1)C(=O)O. The largest absolute Gasteiger partial charge is 0.481 e. The Labute approximate surface area is 153 Å². The summed E-state index contributed by atoms with van der Waals surface area (Å²) in [5.41, 5.74) is 0.350. The van der Waals surface area contributed by atoms with Gasteiger partial charge in [0.1, 0.15) is 0 Å². The number of amides is 2. The fraction of sp³-hybridized carbons (Fsp3) is 0.529. The molecule has 1 fully saturated rings. The minimum atomic E-state index is -3.58. The molecule has 1 saturated heterocycles. The standard InChI is InChI=1S/C17H25N3O5S/c1-13(16(21)22)12-19(2)17(23)18-14-7-6-8-15(11-14)26(24,25)20-9-4-3-5-10-20/h6-8,11,13H,3-5,9-10,12H2,1-2H3,(H,18,23)(H,21,22). The molecule has 0 radical (unpaired) electrons. The number of piperidine rings is 1. The van der Waals surface area contributed by atoms with Crippen molar-refractivity contribution in [3.63, 3.8) is 0 Å². The van der Waals surface area contributed by atoms with E-state index in [9.17, 15) is 18.0 Å². The van der Waals surface area contributed by atoms with E-state index in [4.69, 9.17) is 5.11 Å². The Morgan fingerprint density at radius 3 is 2.54 bits per heavy atom. The first kappa shape index (κ1) is 20.2. The average molecular weight is 383 g/mol. The van der Waals surface area contributed by atoms with E-state index < -0.39 is 27.9 Å². The summed E-state index contributed by atoms with van der Waals surface area (Å²) in [4.78, 5) is 24.5. The van der Waals surface area contributed by atoms with E-state index in [2.05, 4.69) is 5.32 Å². The Hall–Kier alpha value is -2.13. The van der Waals surface area contributed by atoms with Crippen molar-refractivity contribution in [3.05, 3.63) is 24.3 Å². The number of carboxylic acids is 1. The van der Waals surface area contributed by atoms with Crippen molar-refractivity contribution in [1.82, 2.24) is 9.21 Å². The first-order valence-corrected chi connectivity index (χ1v) is 10.0. The van der Waals surface area contributed by atoms with Gasteiger partial charge in [0.2, 0.25) is 10.0 Å². The van der Waals surface area contributed by atoms with Crippen LogP contribution in [0.3, 0.4) is 0 Å². The summed E-state index contributed by atoms with van der Waals surface area (Å²) in [6, 6.07) is 5.62. The number of carboxylic acid groups (broad SMARTS) is 1. The van der Waals surface area contributed by atoms with Crippen molar-refractivity contribution in [2.24, 2.45) is 5.92 Å². The molecule has 144 valence electrons. The van der Waals surface area contributed by atoms with E-state index in [1.807, 2.05) is 0 Å². The Balaban J connectivity index is 2.09. The van der Waals surface area contributed by atoms with Gasteiger partial charge in [-0.05, 0) is 31.0 Å². The molecular formula is C17H25N3O5S. The minimum Gasteiger partial charge on any atom is -0.481 e. The van der Waals surface area contributed by atoms with Crippen molar-refractivity contribution in [2.45, 2.75) is 31.1 Å². The normalized spacial score (nSPS) is 16.7. The Morgan fingerprint density at radius 1 is 1.27 bits per heavy atom. The summed E-state index contributed by atoms with van der Waals surface area (Å²) in [6.07, 6.45) is 2.73. The zero-order valence-electron chi connectivity index (χ0n) is 15.0. The fourth-order valence-electron chi connectivity index (χ4n) is 2.78. The van der Waals surface area contributed by atoms with Gasteiger partial charge in [-0.2, -0.15) is 4.31 Å². The molecule has 0 bridgehead atoms. The summed E-state index contributed by atoms with van der Waals surface area (Å²) in [7, 11) is -2.09. The van der Waals surface area contributed by atoms with Gasteiger partial charge in [-0.15, -0.1) is 0 Å². The van der Waals surface area contributed by atoms with Crippen LogP contribution in [-0.2, 0) is 14.8 Å². The molecule has 26 heavy (non-hydrogen) atoms. The summed E-state index contributed by atoms with van der Waals surface area (Å²) < 4.78 is 26.9. The lowest BCUT2D eigenvalue weighted by Crippen LogP contribution is -2.37. The highest BCUT2D eigenvalue weighted by Crippen LogP contribution is 2.23. The van der Waals surface area contributed by atoms with E-state index in [0.29, 0.717) is 18.8 Å². The van der Waals surface area contributed by atoms with Gasteiger partial charge in [0.25, 0.3) is 0 Å². The lowest BCUT2D eigenvalue weighted by atomic mass is 10.2. The van der Waals surface area contributed by atoms with Crippen LogP contribution in [0, 0.1) is 5.92 Å². The van der Waals surface area contributed by atoms with Gasteiger partial charge in [0.05, 0.1) is 10.8 Å². The molecule has 1 aromatic carbocycles. The Morgan fingerprint density at radius 2 is 1.92 bits per heavy atom. The van der Waals surface area contributed by atoms with Crippen LogP contribution in [0.25, 0.3) is 0 Å². The number of hydrogen-bond donors (Lipinski definition) is 2. The van der Waals surface area contributed by atoms with Gasteiger partial charge in [-0.3, -0.25) is 4.79 Å². The molecule has 8 nitrogen and oxygen atoms in total. The molecule has 1 aliphatic rings. The van der Waals surface area contributed by atoms with Crippen LogP contribution in [0.5, 0.6) is 0 Å². The van der Waals surface area contributed by atoms with Gasteiger partial charge < -0.3 is 15.3 Å². The Kier molecular flexibility index (Phi) is 6.60. The van der Waals surface area contributed by atoms with Crippen LogP contribution < -0.4 is 5.32 Å². The summed E-state index contributed by atoms with van der Waals surface area (Å²) in [5.74, 6) is -1.68. The molecule has 0 saturated carbocycles. The van der Waals surface area contributed by atoms with Crippen molar-refractivity contribution in [3.8, 4) is 0 Å². The van der Waals surface area contributed by atoms with Gasteiger partial charge >= 0.3 is 12.0 Å². The number of sulfonamides is 1. The number of nitrogens with zero attached hydrogens (tertiary/aromatic N) is 2. The molecule has 2 rings (SSSR count). The van der Waals surface area contributed by atoms with Crippen molar-refractivity contribution < 1.29 is 23.1 Å². The van der Waals surface area contributed by atoms with E-state index in [-0.39, 0.29) is 11.4 Å². The highest BCUT2D eigenvalue weighted by molar-refractivity contribution is 7.89. The lowest BCUT2D eigenvalue weighted by Gasteiger charge is -2.26. The summed E-state index contributed by atoms with van der Waals surface area (Å²) in [5, 5.41) is 11.5. The van der Waals surface area contributed by atoms with E-state index in [1.54, 1.807) is 12.1 Å². The van der Waals surface area contributed by atoms with Crippen molar-refractivity contribution in [1.29, 1.82) is 0 Å². The maximum absolute atomic E-state index is 12.7. The lowest BCUT2D eigenvalue weighted by molar-refractivity contribution is -0.141. The van der Waals surface area contributed by atoms with Crippen LogP contribution in [0.4, 0.5) is 10.5 Å². The Bertz CT molecular complexity index is 759. The third-order valence-corrected chi connectivity index (χ3v) is 6.25. The number of aliphatic carboxylic acids is 1. The first-order chi connectivity index (χ1) is 12.2. The summed E-state index contributed by atoms with van der Waals surface area (Å²) >= 11 is 0. The van der Waals surface area contributed by atoms with Crippen LogP contribution in [0.2, 0.25) is 0 Å². The van der Waals surface area contributed by atoms with Crippen LogP contribution in [-0.4, -0.2) is 61.4 Å². The molecule has 1 aromatic rings. The molecule has 0 aromatic heterocycles. The molecule has 0 aliphatic carbocycles. The number of nitrogens with one attached hydrogen (secondary N) is 1. The minimum absolute atomic E-state index is 0.0485. The highest BCUT2D eigenvalue weighted by Gasteiger charge is 2.26. The predicted molar refractivity (Wildman–Crippen MR) is 97.5 cm³/mol. The maximum Gasteiger partial charge on any atom is 0.321 e. The summed E-state index contributed by atoms with van der Waals surface area (Å²) in [6.45, 7) is 2.58. The molecule has 1 atom stereocenters. The van der Waals surface area contributed by atoms with Crippen LogP contribution in [0.15, 0.2) is 29.2 Å².